The molecule has 0 spiro atoms. The highest BCUT2D eigenvalue weighted by atomic mass is 19.1. The summed E-state index contributed by atoms with van der Waals surface area (Å²) in [6.45, 7) is 5.26. The van der Waals surface area contributed by atoms with Gasteiger partial charge in [0.1, 0.15) is 17.3 Å². The van der Waals surface area contributed by atoms with Gasteiger partial charge in [-0.15, -0.1) is 0 Å². The Morgan fingerprint density at radius 2 is 1.81 bits per heavy atom. The van der Waals surface area contributed by atoms with Gasteiger partial charge in [-0.25, -0.2) is 19.3 Å². The summed E-state index contributed by atoms with van der Waals surface area (Å²) >= 11 is 0. The number of anilines is 2. The van der Waals surface area contributed by atoms with Crippen molar-refractivity contribution in [3.05, 3.63) is 65.9 Å². The van der Waals surface area contributed by atoms with E-state index in [9.17, 15) is 14.0 Å². The Bertz CT molecular complexity index is 1420. The van der Waals surface area contributed by atoms with Crippen LogP contribution in [-0.4, -0.2) is 49.6 Å². The molecule has 0 radical (unpaired) electrons. The summed E-state index contributed by atoms with van der Waals surface area (Å²) in [5, 5.41) is 3.89. The summed E-state index contributed by atoms with van der Waals surface area (Å²) in [5.74, 6) is -0.266. The standard InChI is InChI=1S/C27H27FN6O2/c1-16(2)19-14-30-24(17-6-8-18(28)9-7-17)33-25(19)32-21-10-11-29-26-22(21)20(15-31-26)23(35)27(36)34-12-4-3-5-13-34/h6-11,14-16H,3-5,12-13H2,1-2H3,(H2,29,30,31,32,33). The molecular formula is C27H27FN6O2. The number of aromatic nitrogens is 4. The van der Waals surface area contributed by atoms with Crippen molar-refractivity contribution in [2.24, 2.45) is 0 Å². The van der Waals surface area contributed by atoms with Gasteiger partial charge in [-0.3, -0.25) is 9.59 Å². The molecule has 0 aliphatic carbocycles. The monoisotopic (exact) mass is 486 g/mol. The molecule has 4 heterocycles. The van der Waals surface area contributed by atoms with Crippen molar-refractivity contribution < 1.29 is 14.0 Å². The molecule has 9 heteroatoms. The minimum atomic E-state index is -0.557. The lowest BCUT2D eigenvalue weighted by atomic mass is 10.0. The van der Waals surface area contributed by atoms with E-state index in [1.807, 2.05) is 13.8 Å². The number of hydrogen-bond acceptors (Lipinski definition) is 6. The van der Waals surface area contributed by atoms with Gasteiger partial charge in [-0.2, -0.15) is 0 Å². The van der Waals surface area contributed by atoms with Crippen LogP contribution in [0.5, 0.6) is 0 Å². The summed E-state index contributed by atoms with van der Waals surface area (Å²) in [5.41, 5.74) is 2.92. The number of hydrogen-bond donors (Lipinski definition) is 2. The van der Waals surface area contributed by atoms with E-state index in [1.165, 1.54) is 12.1 Å². The number of carbonyl (C=O) groups excluding carboxylic acids is 2. The number of nitrogens with one attached hydrogen (secondary N) is 2. The SMILES string of the molecule is CC(C)c1cnc(-c2ccc(F)cc2)nc1Nc1ccnc2[nH]cc(C(=O)C(=O)N3CCCCC3)c12. The molecular weight excluding hydrogens is 459 g/mol. The topological polar surface area (TPSA) is 104 Å². The van der Waals surface area contributed by atoms with Gasteiger partial charge in [0.2, 0.25) is 0 Å². The number of H-pyrrole nitrogens is 1. The molecule has 1 fully saturated rings. The molecule has 8 nitrogen and oxygen atoms in total. The van der Waals surface area contributed by atoms with Crippen molar-refractivity contribution in [2.75, 3.05) is 18.4 Å². The molecule has 36 heavy (non-hydrogen) atoms. The van der Waals surface area contributed by atoms with Gasteiger partial charge >= 0.3 is 0 Å². The molecule has 1 aromatic carbocycles. The van der Waals surface area contributed by atoms with Gasteiger partial charge in [0, 0.05) is 42.8 Å². The second kappa shape index (κ2) is 9.85. The fraction of sp³-hybridized carbons (Fsp3) is 0.296. The number of ketones is 1. The molecule has 1 saturated heterocycles. The van der Waals surface area contributed by atoms with Crippen LogP contribution in [0.3, 0.4) is 0 Å². The highest BCUT2D eigenvalue weighted by Gasteiger charge is 2.28. The van der Waals surface area contributed by atoms with E-state index >= 15 is 0 Å². The zero-order valence-electron chi connectivity index (χ0n) is 20.2. The number of benzene rings is 1. The van der Waals surface area contributed by atoms with E-state index in [1.54, 1.807) is 41.7 Å². The van der Waals surface area contributed by atoms with Gasteiger partial charge in [0.05, 0.1) is 16.6 Å². The third-order valence-electron chi connectivity index (χ3n) is 6.45. The molecule has 5 rings (SSSR count). The lowest BCUT2D eigenvalue weighted by molar-refractivity contribution is -0.127. The van der Waals surface area contributed by atoms with E-state index in [0.717, 1.165) is 24.8 Å². The number of piperidine rings is 1. The number of fused-ring (bicyclic) bond motifs is 1. The highest BCUT2D eigenvalue weighted by molar-refractivity contribution is 6.45. The first-order chi connectivity index (χ1) is 17.4. The van der Waals surface area contributed by atoms with Crippen LogP contribution in [0.25, 0.3) is 22.4 Å². The number of likely N-dealkylation sites (tertiary alicyclic amines) is 1. The number of carbonyl (C=O) groups is 2. The van der Waals surface area contributed by atoms with Crippen molar-refractivity contribution in [2.45, 2.75) is 39.0 Å². The maximum Gasteiger partial charge on any atom is 0.295 e. The highest BCUT2D eigenvalue weighted by Crippen LogP contribution is 2.32. The second-order valence-corrected chi connectivity index (χ2v) is 9.25. The van der Waals surface area contributed by atoms with E-state index in [4.69, 9.17) is 4.98 Å². The summed E-state index contributed by atoms with van der Waals surface area (Å²) in [6, 6.07) is 7.74. The number of rotatable bonds is 6. The molecule has 0 bridgehead atoms. The van der Waals surface area contributed by atoms with E-state index in [-0.39, 0.29) is 17.3 Å². The lowest BCUT2D eigenvalue weighted by Crippen LogP contribution is -2.40. The predicted molar refractivity (Wildman–Crippen MR) is 136 cm³/mol. The van der Waals surface area contributed by atoms with Crippen molar-refractivity contribution in [1.29, 1.82) is 0 Å². The maximum atomic E-state index is 13.4. The molecule has 4 aromatic rings. The zero-order valence-corrected chi connectivity index (χ0v) is 20.2. The van der Waals surface area contributed by atoms with Crippen LogP contribution >= 0.6 is 0 Å². The minimum absolute atomic E-state index is 0.111. The van der Waals surface area contributed by atoms with Crippen LogP contribution in [-0.2, 0) is 4.79 Å². The van der Waals surface area contributed by atoms with Gasteiger partial charge < -0.3 is 15.2 Å². The van der Waals surface area contributed by atoms with Crippen LogP contribution in [0.4, 0.5) is 15.9 Å². The second-order valence-electron chi connectivity index (χ2n) is 9.25. The van der Waals surface area contributed by atoms with Crippen molar-refractivity contribution in [3.8, 4) is 11.4 Å². The number of nitrogens with zero attached hydrogens (tertiary/aromatic N) is 4. The Morgan fingerprint density at radius 1 is 1.06 bits per heavy atom. The van der Waals surface area contributed by atoms with Crippen LogP contribution in [0.1, 0.15) is 54.9 Å². The van der Waals surface area contributed by atoms with Crippen molar-refractivity contribution >= 4 is 34.2 Å². The van der Waals surface area contributed by atoms with Gasteiger partial charge in [0.25, 0.3) is 11.7 Å². The summed E-state index contributed by atoms with van der Waals surface area (Å²) in [6.07, 6.45) is 7.80. The van der Waals surface area contributed by atoms with Crippen LogP contribution in [0, 0.1) is 5.82 Å². The summed E-state index contributed by atoms with van der Waals surface area (Å²) in [7, 11) is 0. The number of halogens is 1. The molecule has 1 aliphatic rings. The molecule has 2 N–H and O–H groups in total. The van der Waals surface area contributed by atoms with E-state index in [2.05, 4.69) is 20.3 Å². The molecule has 184 valence electrons. The van der Waals surface area contributed by atoms with Crippen LogP contribution in [0.15, 0.2) is 48.9 Å². The molecule has 3 aromatic heterocycles. The number of amides is 1. The summed E-state index contributed by atoms with van der Waals surface area (Å²) < 4.78 is 13.4. The number of Topliss-reactive ketones (excluding diaryl/α,β-unsaturated/α-hetero) is 1. The molecule has 0 atom stereocenters. The third kappa shape index (κ3) is 4.56. The molecule has 0 saturated carbocycles. The smallest absolute Gasteiger partial charge is 0.295 e. The molecule has 1 aliphatic heterocycles. The van der Waals surface area contributed by atoms with E-state index in [0.29, 0.717) is 47.0 Å². The fourth-order valence-electron chi connectivity index (χ4n) is 4.47. The predicted octanol–water partition coefficient (Wildman–Crippen LogP) is 5.22. The Labute approximate surface area is 208 Å². The Morgan fingerprint density at radius 3 is 2.53 bits per heavy atom. The number of aromatic amines is 1. The van der Waals surface area contributed by atoms with Gasteiger partial charge in [0.15, 0.2) is 5.82 Å². The minimum Gasteiger partial charge on any atom is -0.345 e. The van der Waals surface area contributed by atoms with E-state index < -0.39 is 11.7 Å². The summed E-state index contributed by atoms with van der Waals surface area (Å²) in [4.78, 5) is 44.4. The first-order valence-electron chi connectivity index (χ1n) is 12.1. The Hall–Kier alpha value is -4.14. The molecule has 0 unspecified atom stereocenters. The van der Waals surface area contributed by atoms with Crippen LogP contribution < -0.4 is 5.32 Å². The third-order valence-corrected chi connectivity index (χ3v) is 6.45. The van der Waals surface area contributed by atoms with Crippen molar-refractivity contribution in [1.82, 2.24) is 24.8 Å². The molecule has 1 amide bonds. The quantitative estimate of drug-likeness (QED) is 0.286. The van der Waals surface area contributed by atoms with Gasteiger partial charge in [-0.05, 0) is 55.5 Å². The lowest BCUT2D eigenvalue weighted by Gasteiger charge is -2.25. The van der Waals surface area contributed by atoms with Crippen LogP contribution in [0.2, 0.25) is 0 Å². The first kappa shape index (κ1) is 23.6. The normalized spacial score (nSPS) is 13.8. The average Bonchev–Trinajstić information content (AvgIpc) is 3.34. The largest absolute Gasteiger partial charge is 0.345 e. The van der Waals surface area contributed by atoms with Gasteiger partial charge in [-0.1, -0.05) is 13.8 Å². The maximum absolute atomic E-state index is 13.4. The Balaban J connectivity index is 1.54. The number of pyridine rings is 1. The zero-order chi connectivity index (χ0) is 25.2. The van der Waals surface area contributed by atoms with Crippen molar-refractivity contribution in [3.63, 3.8) is 0 Å². The first-order valence-corrected chi connectivity index (χ1v) is 12.1. The fourth-order valence-corrected chi connectivity index (χ4v) is 4.47. The Kier molecular flexibility index (Phi) is 6.45. The average molecular weight is 487 g/mol.